The van der Waals surface area contributed by atoms with E-state index < -0.39 is 0 Å². The van der Waals surface area contributed by atoms with Crippen LogP contribution in [0, 0.1) is 0 Å². The van der Waals surface area contributed by atoms with Gasteiger partial charge in [0.1, 0.15) is 0 Å². The molecule has 0 aliphatic rings. The highest BCUT2D eigenvalue weighted by Crippen LogP contribution is 2.31. The van der Waals surface area contributed by atoms with Crippen molar-refractivity contribution >= 4 is 33.4 Å². The molecule has 0 radical (unpaired) electrons. The molecule has 0 spiro atoms. The minimum absolute atomic E-state index is 0.549. The summed E-state index contributed by atoms with van der Waals surface area (Å²) < 4.78 is 2.31. The van der Waals surface area contributed by atoms with Gasteiger partial charge < -0.3 is 4.57 Å². The number of benzene rings is 3. The molecule has 0 amide bonds. The lowest BCUT2D eigenvalue weighted by atomic mass is 10.2. The molecule has 0 unspecified atom stereocenters. The molecule has 0 saturated carbocycles. The van der Waals surface area contributed by atoms with Crippen molar-refractivity contribution in [3.05, 3.63) is 78.4 Å². The second-order valence-electron chi connectivity index (χ2n) is 5.17. The molecule has 0 atom stereocenters. The molecule has 2 heteroatoms. The molecule has 4 aromatic rings. The molecule has 0 aliphatic heterocycles. The van der Waals surface area contributed by atoms with Crippen LogP contribution in [0.4, 0.5) is 0 Å². The third kappa shape index (κ3) is 1.93. The van der Waals surface area contributed by atoms with E-state index in [1.807, 2.05) is 0 Å². The number of fused-ring (bicyclic) bond motifs is 3. The summed E-state index contributed by atoms with van der Waals surface area (Å²) in [6.45, 7) is 0. The summed E-state index contributed by atoms with van der Waals surface area (Å²) in [6, 6.07) is 25.5. The number of rotatable bonds is 2. The predicted octanol–water partition coefficient (Wildman–Crippen LogP) is 5.52. The quantitative estimate of drug-likeness (QED) is 0.428. The number of hydrogen-bond acceptors (Lipinski definition) is 0. The third-order valence-corrected chi connectivity index (χ3v) is 4.24. The Kier molecular flexibility index (Phi) is 2.94. The van der Waals surface area contributed by atoms with Gasteiger partial charge in [-0.25, -0.2) is 0 Å². The fourth-order valence-corrected chi connectivity index (χ4v) is 3.11. The van der Waals surface area contributed by atoms with Gasteiger partial charge in [-0.15, -0.1) is 11.6 Å². The Bertz CT molecular complexity index is 866. The lowest BCUT2D eigenvalue weighted by Crippen LogP contribution is -1.93. The van der Waals surface area contributed by atoms with E-state index in [2.05, 4.69) is 77.4 Å². The van der Waals surface area contributed by atoms with E-state index in [4.69, 9.17) is 11.6 Å². The summed E-state index contributed by atoms with van der Waals surface area (Å²) in [5.74, 6) is 0.549. The van der Waals surface area contributed by atoms with E-state index >= 15 is 0 Å². The fraction of sp³-hybridized carbons (Fsp3) is 0.0526. The van der Waals surface area contributed by atoms with Crippen molar-refractivity contribution in [2.24, 2.45) is 0 Å². The van der Waals surface area contributed by atoms with E-state index in [9.17, 15) is 0 Å². The van der Waals surface area contributed by atoms with Crippen LogP contribution in [0.3, 0.4) is 0 Å². The number of halogens is 1. The topological polar surface area (TPSA) is 4.93 Å². The van der Waals surface area contributed by atoms with Gasteiger partial charge in [0.25, 0.3) is 0 Å². The van der Waals surface area contributed by atoms with Gasteiger partial charge in [-0.2, -0.15) is 0 Å². The first kappa shape index (κ1) is 12.5. The van der Waals surface area contributed by atoms with Gasteiger partial charge in [0.15, 0.2) is 0 Å². The van der Waals surface area contributed by atoms with Crippen LogP contribution in [0.25, 0.3) is 27.5 Å². The van der Waals surface area contributed by atoms with Gasteiger partial charge in [-0.05, 0) is 29.8 Å². The number of nitrogens with zero attached hydrogens (tertiary/aromatic N) is 1. The van der Waals surface area contributed by atoms with Crippen molar-refractivity contribution in [1.29, 1.82) is 0 Å². The zero-order chi connectivity index (χ0) is 14.2. The van der Waals surface area contributed by atoms with E-state index in [-0.39, 0.29) is 0 Å². The van der Waals surface area contributed by atoms with E-state index in [1.165, 1.54) is 27.5 Å². The molecular formula is C19H14ClN. The molecule has 4 rings (SSSR count). The van der Waals surface area contributed by atoms with Gasteiger partial charge in [0, 0.05) is 22.3 Å². The fourth-order valence-electron chi connectivity index (χ4n) is 2.93. The summed E-state index contributed by atoms with van der Waals surface area (Å²) in [4.78, 5) is 0. The van der Waals surface area contributed by atoms with Crippen molar-refractivity contribution < 1.29 is 0 Å². The summed E-state index contributed by atoms with van der Waals surface area (Å²) in [7, 11) is 0. The van der Waals surface area contributed by atoms with Gasteiger partial charge in [-0.3, -0.25) is 0 Å². The standard InChI is InChI=1S/C19H14ClN/c20-13-14-9-11-15(12-10-14)21-18-7-3-1-5-16(18)17-6-2-4-8-19(17)21/h1-12H,13H2. The SMILES string of the molecule is ClCc1ccc(-n2c3ccccc3c3ccccc32)cc1. The van der Waals surface area contributed by atoms with E-state index in [1.54, 1.807) is 0 Å². The number of alkyl halides is 1. The van der Waals surface area contributed by atoms with Crippen LogP contribution in [0.5, 0.6) is 0 Å². The van der Waals surface area contributed by atoms with Crippen molar-refractivity contribution in [3.8, 4) is 5.69 Å². The molecule has 0 fully saturated rings. The first-order chi connectivity index (χ1) is 10.4. The summed E-state index contributed by atoms with van der Waals surface area (Å²) >= 11 is 5.89. The Hall–Kier alpha value is -2.25. The first-order valence-corrected chi connectivity index (χ1v) is 7.55. The summed E-state index contributed by atoms with van der Waals surface area (Å²) in [5.41, 5.74) is 4.78. The monoisotopic (exact) mass is 291 g/mol. The summed E-state index contributed by atoms with van der Waals surface area (Å²) in [6.07, 6.45) is 0. The third-order valence-electron chi connectivity index (χ3n) is 3.93. The molecule has 1 aromatic heterocycles. The maximum Gasteiger partial charge on any atom is 0.0541 e. The number of aromatic nitrogens is 1. The Balaban J connectivity index is 2.09. The van der Waals surface area contributed by atoms with Crippen LogP contribution in [-0.2, 0) is 5.88 Å². The van der Waals surface area contributed by atoms with Crippen molar-refractivity contribution in [3.63, 3.8) is 0 Å². The zero-order valence-electron chi connectivity index (χ0n) is 11.5. The minimum Gasteiger partial charge on any atom is -0.309 e. The molecular weight excluding hydrogens is 278 g/mol. The van der Waals surface area contributed by atoms with Crippen LogP contribution < -0.4 is 0 Å². The van der Waals surface area contributed by atoms with Gasteiger partial charge in [-0.1, -0.05) is 48.5 Å². The Morgan fingerprint density at radius 2 is 1.19 bits per heavy atom. The maximum absolute atomic E-state index is 5.89. The van der Waals surface area contributed by atoms with Crippen LogP contribution in [-0.4, -0.2) is 4.57 Å². The van der Waals surface area contributed by atoms with Crippen molar-refractivity contribution in [2.45, 2.75) is 5.88 Å². The second kappa shape index (κ2) is 4.94. The van der Waals surface area contributed by atoms with Crippen LogP contribution in [0.2, 0.25) is 0 Å². The lowest BCUT2D eigenvalue weighted by molar-refractivity contribution is 1.17. The number of para-hydroxylation sites is 2. The first-order valence-electron chi connectivity index (χ1n) is 7.02. The molecule has 0 bridgehead atoms. The van der Waals surface area contributed by atoms with Crippen LogP contribution >= 0.6 is 11.6 Å². The molecule has 3 aromatic carbocycles. The number of hydrogen-bond donors (Lipinski definition) is 0. The molecule has 21 heavy (non-hydrogen) atoms. The van der Waals surface area contributed by atoms with Gasteiger partial charge in [0.2, 0.25) is 0 Å². The minimum atomic E-state index is 0.549. The molecule has 0 N–H and O–H groups in total. The Morgan fingerprint density at radius 3 is 1.71 bits per heavy atom. The highest BCUT2D eigenvalue weighted by molar-refractivity contribution is 6.17. The second-order valence-corrected chi connectivity index (χ2v) is 5.44. The molecule has 1 heterocycles. The average Bonchev–Trinajstić information content (AvgIpc) is 2.90. The average molecular weight is 292 g/mol. The summed E-state index contributed by atoms with van der Waals surface area (Å²) in [5, 5.41) is 2.57. The van der Waals surface area contributed by atoms with Crippen LogP contribution in [0.1, 0.15) is 5.56 Å². The predicted molar refractivity (Wildman–Crippen MR) is 90.3 cm³/mol. The van der Waals surface area contributed by atoms with Gasteiger partial charge in [0.05, 0.1) is 11.0 Å². The van der Waals surface area contributed by atoms with Crippen molar-refractivity contribution in [1.82, 2.24) is 4.57 Å². The molecule has 1 nitrogen and oxygen atoms in total. The lowest BCUT2D eigenvalue weighted by Gasteiger charge is -2.08. The smallest absolute Gasteiger partial charge is 0.0541 e. The molecule has 102 valence electrons. The zero-order valence-corrected chi connectivity index (χ0v) is 12.2. The van der Waals surface area contributed by atoms with E-state index in [0.29, 0.717) is 5.88 Å². The highest BCUT2D eigenvalue weighted by atomic mass is 35.5. The van der Waals surface area contributed by atoms with Crippen molar-refractivity contribution in [2.75, 3.05) is 0 Å². The Morgan fingerprint density at radius 1 is 0.667 bits per heavy atom. The maximum atomic E-state index is 5.89. The van der Waals surface area contributed by atoms with Gasteiger partial charge >= 0.3 is 0 Å². The molecule has 0 saturated heterocycles. The van der Waals surface area contributed by atoms with E-state index in [0.717, 1.165) is 5.56 Å². The largest absolute Gasteiger partial charge is 0.309 e. The van der Waals surface area contributed by atoms with Crippen LogP contribution in [0.15, 0.2) is 72.8 Å². The highest BCUT2D eigenvalue weighted by Gasteiger charge is 2.10. The molecule has 0 aliphatic carbocycles. The normalized spacial score (nSPS) is 11.3. The Labute approximate surface area is 128 Å².